The molecule has 4 rings (SSSR count). The van der Waals surface area contributed by atoms with Gasteiger partial charge in [0, 0.05) is 18.7 Å². The van der Waals surface area contributed by atoms with Crippen molar-refractivity contribution < 1.29 is 27.4 Å². The van der Waals surface area contributed by atoms with Crippen LogP contribution in [0.2, 0.25) is 0 Å². The number of nitrogens with one attached hydrogen (secondary N) is 1. The van der Waals surface area contributed by atoms with E-state index in [-0.39, 0.29) is 37.0 Å². The number of carbonyl (C=O) groups is 1. The van der Waals surface area contributed by atoms with Crippen LogP contribution < -0.4 is 14.8 Å². The molecule has 1 aliphatic heterocycles. The lowest BCUT2D eigenvalue weighted by atomic mass is 10.2. The SMILES string of the molecule is CCN1C(=O)N/C(=C\CC(F)(F)F)C/C=C/CCOc2nc(cn3ncnc23)-c2nc(ncc2OC)C1C. The van der Waals surface area contributed by atoms with Crippen molar-refractivity contribution in [1.29, 1.82) is 0 Å². The smallest absolute Gasteiger partial charge is 0.392 e. The normalized spacial score (nSPS) is 19.1. The third kappa shape index (κ3) is 6.18. The van der Waals surface area contributed by atoms with Gasteiger partial charge in [-0.25, -0.2) is 29.2 Å². The minimum absolute atomic E-state index is 0.0963. The largest absolute Gasteiger partial charge is 0.493 e. The van der Waals surface area contributed by atoms with Crippen molar-refractivity contribution in [3.05, 3.63) is 48.5 Å². The highest BCUT2D eigenvalue weighted by Gasteiger charge is 2.27. The Morgan fingerprint density at radius 3 is 2.82 bits per heavy atom. The molecule has 0 saturated carbocycles. The molecule has 4 bridgehead atoms. The van der Waals surface area contributed by atoms with E-state index in [1.54, 1.807) is 32.2 Å². The maximum absolute atomic E-state index is 13.2. The van der Waals surface area contributed by atoms with E-state index in [2.05, 4.69) is 30.4 Å². The van der Waals surface area contributed by atoms with E-state index in [0.717, 1.165) is 6.08 Å². The first-order valence-corrected chi connectivity index (χ1v) is 11.9. The first-order valence-electron chi connectivity index (χ1n) is 11.9. The van der Waals surface area contributed by atoms with E-state index >= 15 is 0 Å². The van der Waals surface area contributed by atoms with Gasteiger partial charge in [-0.1, -0.05) is 18.2 Å². The number of hydrogen-bond acceptors (Lipinski definition) is 8. The lowest BCUT2D eigenvalue weighted by molar-refractivity contribution is -0.125. The van der Waals surface area contributed by atoms with Crippen molar-refractivity contribution in [2.24, 2.45) is 0 Å². The van der Waals surface area contributed by atoms with Crippen LogP contribution in [0.4, 0.5) is 18.0 Å². The van der Waals surface area contributed by atoms with Crippen LogP contribution in [-0.4, -0.2) is 66.9 Å². The summed E-state index contributed by atoms with van der Waals surface area (Å²) in [4.78, 5) is 32.4. The van der Waals surface area contributed by atoms with E-state index in [9.17, 15) is 18.0 Å². The van der Waals surface area contributed by atoms with Crippen LogP contribution in [-0.2, 0) is 0 Å². The first kappa shape index (κ1) is 26.8. The van der Waals surface area contributed by atoms with Crippen molar-refractivity contribution in [2.75, 3.05) is 20.3 Å². The molecule has 38 heavy (non-hydrogen) atoms. The minimum atomic E-state index is -4.40. The summed E-state index contributed by atoms with van der Waals surface area (Å²) in [6, 6.07) is -1.20. The molecule has 1 atom stereocenters. The number of methoxy groups -OCH3 is 1. The monoisotopic (exact) mass is 532 g/mol. The number of aromatic nitrogens is 6. The standard InChI is InChI=1S/C24H27F3N8O3/c1-4-34-15(2)20-28-12-18(37-3)19(33-20)17-13-35-21(29-14-30-35)22(32-17)38-11-7-5-6-8-16(31-23(34)36)9-10-24(25,26)27/h5-6,9,12-15H,4,7-8,10-11H2,1-3H3,(H,31,36)/b6-5+,16-9-. The number of hydrogen-bond donors (Lipinski definition) is 1. The Morgan fingerprint density at radius 1 is 1.26 bits per heavy atom. The topological polar surface area (TPSA) is 120 Å². The summed E-state index contributed by atoms with van der Waals surface area (Å²) in [5, 5.41) is 6.81. The molecular weight excluding hydrogens is 505 g/mol. The summed E-state index contributed by atoms with van der Waals surface area (Å²) in [7, 11) is 1.47. The van der Waals surface area contributed by atoms with E-state index in [1.165, 1.54) is 29.0 Å². The Morgan fingerprint density at radius 2 is 2.08 bits per heavy atom. The fraction of sp³-hybridized carbons (Fsp3) is 0.417. The van der Waals surface area contributed by atoms with Gasteiger partial charge in [0.2, 0.25) is 5.65 Å². The number of alkyl halides is 3. The van der Waals surface area contributed by atoms with Crippen LogP contribution in [0.3, 0.4) is 0 Å². The number of amides is 2. The second kappa shape index (κ2) is 11.4. The van der Waals surface area contributed by atoms with Crippen molar-refractivity contribution in [3.8, 4) is 23.0 Å². The molecule has 0 spiro atoms. The Kier molecular flexibility index (Phi) is 8.08. The molecule has 0 aliphatic carbocycles. The van der Waals surface area contributed by atoms with Crippen LogP contribution in [0.15, 0.2) is 42.6 Å². The number of allylic oxidation sites excluding steroid dienone is 2. The Balaban J connectivity index is 1.79. The van der Waals surface area contributed by atoms with Gasteiger partial charge in [-0.15, -0.1) is 0 Å². The van der Waals surface area contributed by atoms with Crippen LogP contribution in [0.5, 0.6) is 11.6 Å². The number of urea groups is 1. The van der Waals surface area contributed by atoms with Crippen LogP contribution in [0.1, 0.15) is 45.0 Å². The highest BCUT2D eigenvalue weighted by molar-refractivity contribution is 5.76. The predicted molar refractivity (Wildman–Crippen MR) is 130 cm³/mol. The summed E-state index contributed by atoms with van der Waals surface area (Å²) < 4.78 is 51.5. The average molecular weight is 533 g/mol. The average Bonchev–Trinajstić information content (AvgIpc) is 3.37. The van der Waals surface area contributed by atoms with Gasteiger partial charge < -0.3 is 19.7 Å². The maximum Gasteiger partial charge on any atom is 0.392 e. The van der Waals surface area contributed by atoms with Gasteiger partial charge in [-0.2, -0.15) is 18.3 Å². The zero-order valence-electron chi connectivity index (χ0n) is 21.1. The summed E-state index contributed by atoms with van der Waals surface area (Å²) in [5.74, 6) is 0.848. The molecule has 0 radical (unpaired) electrons. The predicted octanol–water partition coefficient (Wildman–Crippen LogP) is 4.25. The summed E-state index contributed by atoms with van der Waals surface area (Å²) >= 11 is 0. The Hall–Kier alpha value is -4.23. The lowest BCUT2D eigenvalue weighted by Crippen LogP contribution is -2.41. The Labute approximate surface area is 216 Å². The number of nitrogens with zero attached hydrogens (tertiary/aromatic N) is 7. The molecule has 202 valence electrons. The van der Waals surface area contributed by atoms with Crippen molar-refractivity contribution in [1.82, 2.24) is 39.8 Å². The second-order valence-electron chi connectivity index (χ2n) is 8.36. The molecule has 1 unspecified atom stereocenters. The third-order valence-electron chi connectivity index (χ3n) is 5.79. The fourth-order valence-electron chi connectivity index (χ4n) is 3.85. The van der Waals surface area contributed by atoms with Gasteiger partial charge in [0.05, 0.1) is 38.6 Å². The second-order valence-corrected chi connectivity index (χ2v) is 8.36. The van der Waals surface area contributed by atoms with Gasteiger partial charge in [0.25, 0.3) is 5.88 Å². The molecule has 14 heteroatoms. The summed E-state index contributed by atoms with van der Waals surface area (Å²) in [6.45, 7) is 3.95. The van der Waals surface area contributed by atoms with Crippen LogP contribution >= 0.6 is 0 Å². The molecule has 11 nitrogen and oxygen atoms in total. The molecule has 0 saturated heterocycles. The van der Waals surface area contributed by atoms with Gasteiger partial charge in [0.15, 0.2) is 11.6 Å². The van der Waals surface area contributed by atoms with Crippen molar-refractivity contribution in [3.63, 3.8) is 0 Å². The molecule has 4 heterocycles. The molecule has 0 fully saturated rings. The van der Waals surface area contributed by atoms with E-state index in [4.69, 9.17) is 9.47 Å². The summed E-state index contributed by atoms with van der Waals surface area (Å²) in [6.07, 6.45) is 3.85. The minimum Gasteiger partial charge on any atom is -0.493 e. The fourth-order valence-corrected chi connectivity index (χ4v) is 3.85. The van der Waals surface area contributed by atoms with Gasteiger partial charge >= 0.3 is 12.2 Å². The zero-order valence-corrected chi connectivity index (χ0v) is 21.1. The number of halogens is 3. The van der Waals surface area contributed by atoms with Crippen LogP contribution in [0.25, 0.3) is 17.0 Å². The lowest BCUT2D eigenvalue weighted by Gasteiger charge is -2.28. The van der Waals surface area contributed by atoms with E-state index < -0.39 is 24.7 Å². The highest BCUT2D eigenvalue weighted by atomic mass is 19.4. The molecule has 3 aromatic heterocycles. The Bertz CT molecular complexity index is 1360. The number of carbonyl (C=O) groups excluding carboxylic acids is 1. The first-order chi connectivity index (χ1) is 18.2. The number of rotatable bonds is 3. The molecule has 0 aromatic carbocycles. The number of ether oxygens (including phenoxy) is 2. The van der Waals surface area contributed by atoms with Crippen molar-refractivity contribution >= 4 is 11.7 Å². The highest BCUT2D eigenvalue weighted by Crippen LogP contribution is 2.30. The summed E-state index contributed by atoms with van der Waals surface area (Å²) in [5.41, 5.74) is 1.27. The number of fused-ring (bicyclic) bond motifs is 7. The van der Waals surface area contributed by atoms with Crippen LogP contribution in [0, 0.1) is 0 Å². The molecule has 1 N–H and O–H groups in total. The zero-order chi connectivity index (χ0) is 27.3. The quantitative estimate of drug-likeness (QED) is 0.498. The van der Waals surface area contributed by atoms with Gasteiger partial charge in [-0.05, 0) is 20.3 Å². The molecular formula is C24H27F3N8O3. The van der Waals surface area contributed by atoms with Crippen molar-refractivity contribution in [2.45, 2.75) is 45.3 Å². The molecule has 2 amide bonds. The van der Waals surface area contributed by atoms with Gasteiger partial charge in [-0.3, -0.25) is 0 Å². The van der Waals surface area contributed by atoms with E-state index in [1.807, 2.05) is 0 Å². The third-order valence-corrected chi connectivity index (χ3v) is 5.79. The molecule has 3 aromatic rings. The molecule has 1 aliphatic rings. The maximum atomic E-state index is 13.2. The van der Waals surface area contributed by atoms with Gasteiger partial charge in [0.1, 0.15) is 17.7 Å². The van der Waals surface area contributed by atoms with E-state index in [0.29, 0.717) is 29.2 Å².